The maximum absolute atomic E-state index is 14.2. The molecule has 0 saturated carbocycles. The van der Waals surface area contributed by atoms with Crippen LogP contribution in [0.2, 0.25) is 5.02 Å². The number of rotatable bonds is 29. The smallest absolute Gasteiger partial charge is 0.251 e. The first-order valence-electron chi connectivity index (χ1n) is 44.3. The second-order valence-electron chi connectivity index (χ2n) is 33.3. The molecule has 5 fully saturated rings. The van der Waals surface area contributed by atoms with Gasteiger partial charge in [0.25, 0.3) is 5.91 Å². The van der Waals surface area contributed by atoms with E-state index in [4.69, 9.17) is 17.3 Å². The molecule has 8 N–H and O–H groups in total. The summed E-state index contributed by atoms with van der Waals surface area (Å²) in [6.07, 6.45) is 16.7. The molecule has 5 aliphatic rings. The third kappa shape index (κ3) is 27.2. The molecule has 123 heavy (non-hydrogen) atoms. The van der Waals surface area contributed by atoms with Crippen LogP contribution in [0.3, 0.4) is 0 Å². The van der Waals surface area contributed by atoms with E-state index in [9.17, 15) is 28.8 Å². The van der Waals surface area contributed by atoms with Crippen LogP contribution in [0.4, 0.5) is 0 Å². The van der Waals surface area contributed by atoms with Gasteiger partial charge in [-0.3, -0.25) is 28.8 Å². The molecular formula is C104H121ClN12O6. The van der Waals surface area contributed by atoms with Crippen LogP contribution in [-0.4, -0.2) is 201 Å². The lowest BCUT2D eigenvalue weighted by Gasteiger charge is -2.33. The van der Waals surface area contributed by atoms with E-state index in [1.54, 1.807) is 30.4 Å². The number of benzene rings is 10. The van der Waals surface area contributed by atoms with Crippen molar-refractivity contribution < 1.29 is 28.8 Å². The molecule has 0 aliphatic carbocycles. The predicted octanol–water partition coefficient (Wildman–Crippen LogP) is 14.7. The molecule has 0 aromatic heterocycles. The highest BCUT2D eigenvalue weighted by Gasteiger charge is 2.38. The fraction of sp³-hybridized carbons (Fsp3) is 0.346. The Bertz CT molecular complexity index is 4890. The quantitative estimate of drug-likeness (QED) is 0.0218. The van der Waals surface area contributed by atoms with E-state index in [0.29, 0.717) is 95.5 Å². The highest BCUT2D eigenvalue weighted by atomic mass is 35.5. The lowest BCUT2D eigenvalue weighted by atomic mass is 9.90. The average Bonchev–Trinajstić information content (AvgIpc) is 1.71. The van der Waals surface area contributed by atoms with Crippen LogP contribution in [-0.2, 0) is 24.0 Å². The third-order valence-corrected chi connectivity index (χ3v) is 24.7. The molecule has 18 nitrogen and oxygen atoms in total. The molecule has 640 valence electrons. The molecule has 5 heterocycles. The van der Waals surface area contributed by atoms with Crippen LogP contribution in [0.15, 0.2) is 285 Å². The number of piperidine rings is 2. The summed E-state index contributed by atoms with van der Waals surface area (Å²) in [4.78, 5) is 91.2. The zero-order chi connectivity index (χ0) is 85.3. The summed E-state index contributed by atoms with van der Waals surface area (Å²) in [5.74, 6) is 0.236. The van der Waals surface area contributed by atoms with Crippen LogP contribution in [0.5, 0.6) is 0 Å². The first-order valence-corrected chi connectivity index (χ1v) is 44.7. The highest BCUT2D eigenvalue weighted by molar-refractivity contribution is 6.30. The topological polar surface area (TPSA) is 217 Å². The number of amides is 6. The van der Waals surface area contributed by atoms with E-state index in [0.717, 1.165) is 67.3 Å². The number of carbonyl (C=O) groups excluding carboxylic acids is 6. The van der Waals surface area contributed by atoms with Crippen LogP contribution >= 0.6 is 11.6 Å². The number of nitrogens with one attached hydrogen (secondary N) is 6. The van der Waals surface area contributed by atoms with Gasteiger partial charge in [0.15, 0.2) is 0 Å². The fourth-order valence-electron chi connectivity index (χ4n) is 17.5. The van der Waals surface area contributed by atoms with Gasteiger partial charge in [0.05, 0.1) is 18.1 Å². The van der Waals surface area contributed by atoms with Crippen molar-refractivity contribution in [3.05, 3.63) is 346 Å². The van der Waals surface area contributed by atoms with Gasteiger partial charge in [-0.2, -0.15) is 0 Å². The number of likely N-dealkylation sites (tertiary alicyclic amines) is 2. The van der Waals surface area contributed by atoms with Crippen molar-refractivity contribution in [2.75, 3.05) is 105 Å². The maximum Gasteiger partial charge on any atom is 0.251 e. The third-order valence-electron chi connectivity index (χ3n) is 24.4. The van der Waals surface area contributed by atoms with Gasteiger partial charge in [-0.1, -0.05) is 279 Å². The number of hydrogen-bond acceptors (Lipinski definition) is 12. The van der Waals surface area contributed by atoms with E-state index in [-0.39, 0.29) is 89.4 Å². The van der Waals surface area contributed by atoms with Crippen LogP contribution in [0.1, 0.15) is 142 Å². The molecular weight excluding hydrogens is 1550 g/mol. The van der Waals surface area contributed by atoms with Gasteiger partial charge in [-0.15, -0.1) is 0 Å². The zero-order valence-corrected chi connectivity index (χ0v) is 71.8. The predicted molar refractivity (Wildman–Crippen MR) is 497 cm³/mol. The Morgan fingerprint density at radius 1 is 0.398 bits per heavy atom. The van der Waals surface area contributed by atoms with Gasteiger partial charge in [-0.25, -0.2) is 0 Å². The Morgan fingerprint density at radius 3 is 1.11 bits per heavy atom. The van der Waals surface area contributed by atoms with Gasteiger partial charge < -0.3 is 62.1 Å². The van der Waals surface area contributed by atoms with E-state index < -0.39 is 0 Å². The standard InChI is InChI=1S/C37H42N4O2.C35H41ClN4O2.C32H38N4O2/c42-36(32-19-18-28-12-8-9-17-31(28)24-32)38-25-33-20-23-41(37(43)35(39-33)27-40-21-10-3-11-22-40)26-34(29-13-4-1-5-14-29)30-15-6-2-7-16-30;36-30-17-14-27(15-18-30)16-19-34(41)37-24-31-20-23-40(35(42)33(38-31)26-39-21-8-3-9-22-39)25-32(28-10-4-1-5-11-28)29-12-6-2-7-13-29;1-24-12-14-25(15-13-24)16-17-31(37)34-22-28-19-21-36(32(38)30(35-28)18-20-33)23-29(26-8-4-2-5-9-26)27-10-6-3-7-11-27/h1-2,4-9,12-19,24,33-35,39H,3,10-11,20-23,25-27H2,(H,38,42);1-2,4-7,10-19,31-33,38H,3,8-9,20-26H2,(H,37,41);2-17,28-30,35H,18-23,33H2,1H3,(H,34,37)/b;19-16+;17-16+/t33-,35-;31-,33-;28-,30-/m000/s1. The van der Waals surface area contributed by atoms with E-state index >= 15 is 0 Å². The van der Waals surface area contributed by atoms with Crippen LogP contribution < -0.4 is 37.6 Å². The van der Waals surface area contributed by atoms with Crippen molar-refractivity contribution >= 4 is 70.0 Å². The van der Waals surface area contributed by atoms with Crippen molar-refractivity contribution in [3.8, 4) is 0 Å². The SMILES string of the molecule is Cc1ccc(/C=C/C(=O)NC[C@@H]2CCN(CC(c3ccccc3)c3ccccc3)C(=O)[C@H](CCN)N2)cc1.O=C(/C=C/c1ccc(Cl)cc1)NC[C@@H]1CCN(CC(c2ccccc2)c2ccccc2)C(=O)[C@H](CN2CCCCC2)N1.O=C(NC[C@@H]1CCN(CC(c2ccccc2)c2ccccc2)C(=O)[C@H](CN2CCCCC2)N1)c1ccc2ccccc2c1. The Hall–Kier alpha value is -11.2. The molecule has 0 bridgehead atoms. The number of carbonyl (C=O) groups is 6. The number of hydrogen-bond donors (Lipinski definition) is 7. The first-order chi connectivity index (χ1) is 60.2. The summed E-state index contributed by atoms with van der Waals surface area (Å²) < 4.78 is 0. The molecule has 6 amide bonds. The van der Waals surface area contributed by atoms with Crippen LogP contribution in [0, 0.1) is 6.92 Å². The van der Waals surface area contributed by atoms with E-state index in [1.807, 2.05) is 151 Å². The molecule has 10 aromatic carbocycles. The molecule has 5 aliphatic heterocycles. The van der Waals surface area contributed by atoms with Gasteiger partial charge in [0.1, 0.15) is 0 Å². The van der Waals surface area contributed by atoms with E-state index in [2.05, 4.69) is 179 Å². The molecule has 5 saturated heterocycles. The largest absolute Gasteiger partial charge is 0.351 e. The van der Waals surface area contributed by atoms with Crippen molar-refractivity contribution in [1.29, 1.82) is 0 Å². The summed E-state index contributed by atoms with van der Waals surface area (Å²) >= 11 is 5.97. The Labute approximate surface area is 732 Å². The minimum absolute atomic E-state index is 0.0000440. The van der Waals surface area contributed by atoms with Crippen molar-refractivity contribution in [3.63, 3.8) is 0 Å². The number of nitrogens with two attached hydrogens (primary N) is 1. The molecule has 6 atom stereocenters. The van der Waals surface area contributed by atoms with Crippen molar-refractivity contribution in [2.24, 2.45) is 5.73 Å². The average molecular weight is 1670 g/mol. The number of nitrogens with zero attached hydrogens (tertiary/aromatic N) is 5. The fourth-order valence-corrected chi connectivity index (χ4v) is 17.6. The molecule has 15 rings (SSSR count). The zero-order valence-electron chi connectivity index (χ0n) is 71.0. The Kier molecular flexibility index (Phi) is 34.1. The lowest BCUT2D eigenvalue weighted by Crippen LogP contribution is -2.54. The lowest BCUT2D eigenvalue weighted by molar-refractivity contribution is -0.134. The van der Waals surface area contributed by atoms with E-state index in [1.165, 1.54) is 77.5 Å². The van der Waals surface area contributed by atoms with Gasteiger partial charge in [-0.05, 0) is 183 Å². The monoisotopic (exact) mass is 1670 g/mol. The summed E-state index contributed by atoms with van der Waals surface area (Å²) in [6.45, 7) is 13.1. The van der Waals surface area contributed by atoms with Gasteiger partial charge in [0, 0.05) is 131 Å². The molecule has 0 spiro atoms. The second kappa shape index (κ2) is 46.9. The minimum Gasteiger partial charge on any atom is -0.351 e. The molecule has 0 unspecified atom stereocenters. The molecule has 10 aromatic rings. The van der Waals surface area contributed by atoms with Crippen molar-refractivity contribution in [1.82, 2.24) is 56.4 Å². The van der Waals surface area contributed by atoms with Crippen molar-refractivity contribution in [2.45, 2.75) is 125 Å². The maximum atomic E-state index is 14.2. The minimum atomic E-state index is -0.375. The summed E-state index contributed by atoms with van der Waals surface area (Å²) in [6, 6.07) is 90.9. The Morgan fingerprint density at radius 2 is 0.732 bits per heavy atom. The van der Waals surface area contributed by atoms with Gasteiger partial charge in [0.2, 0.25) is 29.5 Å². The molecule has 19 heteroatoms. The normalized spacial score (nSPS) is 19.4. The Balaban J connectivity index is 0.000000159. The summed E-state index contributed by atoms with van der Waals surface area (Å²) in [7, 11) is 0. The number of halogens is 1. The number of fused-ring (bicyclic) bond motifs is 1. The van der Waals surface area contributed by atoms with Crippen LogP contribution in [0.25, 0.3) is 22.9 Å². The first kappa shape index (κ1) is 89.6. The summed E-state index contributed by atoms with van der Waals surface area (Å²) in [5, 5.41) is 22.9. The number of aryl methyl sites for hydroxylation is 1. The second-order valence-corrected chi connectivity index (χ2v) is 33.7. The molecule has 0 radical (unpaired) electrons. The van der Waals surface area contributed by atoms with Gasteiger partial charge >= 0.3 is 0 Å². The summed E-state index contributed by atoms with van der Waals surface area (Å²) in [5.41, 5.74) is 16.8. The highest BCUT2D eigenvalue weighted by Crippen LogP contribution is 2.32.